The summed E-state index contributed by atoms with van der Waals surface area (Å²) in [5, 5.41) is 9.55. The van der Waals surface area contributed by atoms with Crippen LogP contribution in [0.2, 0.25) is 0 Å². The second-order valence-corrected chi connectivity index (χ2v) is 9.04. The highest BCUT2D eigenvalue weighted by molar-refractivity contribution is 8.01. The lowest BCUT2D eigenvalue weighted by Gasteiger charge is -2.18. The first-order chi connectivity index (χ1) is 13.1. The summed E-state index contributed by atoms with van der Waals surface area (Å²) in [5.74, 6) is 0.0451. The molecule has 0 saturated heterocycles. The molecule has 0 bridgehead atoms. The molecule has 2 aromatic carbocycles. The van der Waals surface area contributed by atoms with Crippen molar-refractivity contribution in [2.24, 2.45) is 0 Å². The van der Waals surface area contributed by atoms with E-state index in [0.717, 1.165) is 17.2 Å². The Morgan fingerprint density at radius 2 is 1.81 bits per heavy atom. The largest absolute Gasteiger partial charge is 0.284 e. The van der Waals surface area contributed by atoms with Crippen LogP contribution in [0.3, 0.4) is 0 Å². The zero-order chi connectivity index (χ0) is 18.8. The molecular weight excluding hydrogens is 374 g/mol. The first-order valence-electron chi connectivity index (χ1n) is 9.04. The molecule has 1 unspecified atom stereocenters. The second-order valence-electron chi connectivity index (χ2n) is 6.74. The van der Waals surface area contributed by atoms with Gasteiger partial charge in [0.1, 0.15) is 0 Å². The number of hydrogen-bond acceptors (Lipinski definition) is 5. The number of amides is 1. The molecule has 1 aromatic heterocycles. The minimum atomic E-state index is 0.0451. The molecule has 4 rings (SSSR count). The maximum absolute atomic E-state index is 12.0. The molecule has 4 nitrogen and oxygen atoms in total. The Kier molecular flexibility index (Phi) is 5.27. The van der Waals surface area contributed by atoms with E-state index in [1.54, 1.807) is 23.6 Å². The van der Waals surface area contributed by atoms with E-state index in [1.807, 2.05) is 6.07 Å². The summed E-state index contributed by atoms with van der Waals surface area (Å²) in [5.41, 5.74) is 3.77. The van der Waals surface area contributed by atoms with Gasteiger partial charge in [-0.15, -0.1) is 10.2 Å². The van der Waals surface area contributed by atoms with Crippen LogP contribution < -0.4 is 4.90 Å². The molecule has 27 heavy (non-hydrogen) atoms. The highest BCUT2D eigenvalue weighted by Gasteiger charge is 2.34. The van der Waals surface area contributed by atoms with Crippen molar-refractivity contribution >= 4 is 34.1 Å². The summed E-state index contributed by atoms with van der Waals surface area (Å²) in [6.07, 6.45) is 2.11. The molecule has 1 saturated carbocycles. The minimum absolute atomic E-state index is 0.0451. The van der Waals surface area contributed by atoms with E-state index in [0.29, 0.717) is 11.2 Å². The summed E-state index contributed by atoms with van der Waals surface area (Å²) < 4.78 is 0.883. The predicted molar refractivity (Wildman–Crippen MR) is 111 cm³/mol. The monoisotopic (exact) mass is 395 g/mol. The van der Waals surface area contributed by atoms with Crippen LogP contribution >= 0.6 is 23.1 Å². The summed E-state index contributed by atoms with van der Waals surface area (Å²) in [7, 11) is 0. The van der Waals surface area contributed by atoms with Gasteiger partial charge < -0.3 is 0 Å². The van der Waals surface area contributed by atoms with Crippen molar-refractivity contribution in [2.75, 3.05) is 4.90 Å². The topological polar surface area (TPSA) is 46.1 Å². The van der Waals surface area contributed by atoms with Gasteiger partial charge in [-0.2, -0.15) is 0 Å². The number of hydrogen-bond donors (Lipinski definition) is 0. The van der Waals surface area contributed by atoms with E-state index >= 15 is 0 Å². The molecule has 1 heterocycles. The molecule has 6 heteroatoms. The van der Waals surface area contributed by atoms with Gasteiger partial charge in [0.25, 0.3) is 0 Å². The van der Waals surface area contributed by atoms with Gasteiger partial charge in [-0.3, -0.25) is 9.69 Å². The summed E-state index contributed by atoms with van der Waals surface area (Å²) >= 11 is 3.21. The lowest BCUT2D eigenvalue weighted by atomic mass is 10.0. The number of rotatable bonds is 6. The highest BCUT2D eigenvalue weighted by Crippen LogP contribution is 2.44. The summed E-state index contributed by atoms with van der Waals surface area (Å²) in [6, 6.07) is 19.2. The van der Waals surface area contributed by atoms with Crippen LogP contribution in [0.1, 0.15) is 41.7 Å². The normalized spacial score (nSPS) is 14.7. The first-order valence-corrected chi connectivity index (χ1v) is 10.7. The van der Waals surface area contributed by atoms with Crippen molar-refractivity contribution in [1.82, 2.24) is 10.2 Å². The van der Waals surface area contributed by atoms with Crippen molar-refractivity contribution in [3.63, 3.8) is 0 Å². The minimum Gasteiger partial charge on any atom is -0.284 e. The second kappa shape index (κ2) is 7.82. The first kappa shape index (κ1) is 18.2. The quantitative estimate of drug-likeness (QED) is 0.423. The Morgan fingerprint density at radius 1 is 1.11 bits per heavy atom. The fraction of sp³-hybridized carbons (Fsp3) is 0.286. The van der Waals surface area contributed by atoms with Crippen LogP contribution in [0, 0.1) is 6.92 Å². The average Bonchev–Trinajstić information content (AvgIpc) is 3.39. The average molecular weight is 396 g/mol. The molecule has 0 aliphatic heterocycles. The molecule has 0 spiro atoms. The fourth-order valence-electron chi connectivity index (χ4n) is 3.15. The highest BCUT2D eigenvalue weighted by atomic mass is 32.2. The van der Waals surface area contributed by atoms with Crippen LogP contribution in [0.25, 0.3) is 0 Å². The van der Waals surface area contributed by atoms with Gasteiger partial charge in [0.15, 0.2) is 4.34 Å². The van der Waals surface area contributed by atoms with Crippen molar-refractivity contribution in [3.05, 3.63) is 71.3 Å². The predicted octanol–water partition coefficient (Wildman–Crippen LogP) is 5.24. The zero-order valence-corrected chi connectivity index (χ0v) is 17.0. The third-order valence-electron chi connectivity index (χ3n) is 4.65. The molecule has 1 amide bonds. The Bertz CT molecular complexity index is 937. The van der Waals surface area contributed by atoms with Gasteiger partial charge in [0, 0.05) is 13.0 Å². The maximum atomic E-state index is 12.0. The van der Waals surface area contributed by atoms with E-state index in [1.165, 1.54) is 28.0 Å². The van der Waals surface area contributed by atoms with Gasteiger partial charge in [-0.25, -0.2) is 0 Å². The molecule has 1 atom stereocenters. The van der Waals surface area contributed by atoms with Crippen LogP contribution in [-0.4, -0.2) is 22.1 Å². The van der Waals surface area contributed by atoms with Crippen molar-refractivity contribution in [2.45, 2.75) is 42.3 Å². The Hall–Kier alpha value is -2.18. The van der Waals surface area contributed by atoms with Gasteiger partial charge in [-0.05, 0) is 36.5 Å². The van der Waals surface area contributed by atoms with Crippen molar-refractivity contribution in [1.29, 1.82) is 0 Å². The van der Waals surface area contributed by atoms with Crippen LogP contribution in [0.5, 0.6) is 0 Å². The van der Waals surface area contributed by atoms with Crippen LogP contribution in [0.4, 0.5) is 5.13 Å². The molecule has 0 radical (unpaired) electrons. The molecule has 1 aliphatic carbocycles. The number of anilines is 1. The Labute approximate surface area is 167 Å². The van der Waals surface area contributed by atoms with E-state index < -0.39 is 0 Å². The zero-order valence-electron chi connectivity index (χ0n) is 15.3. The number of benzene rings is 2. The number of aromatic nitrogens is 2. The molecular formula is C21H21N3OS2. The Morgan fingerprint density at radius 3 is 2.48 bits per heavy atom. The Balaban J connectivity index is 1.65. The summed E-state index contributed by atoms with van der Waals surface area (Å²) in [6.45, 7) is 3.74. The maximum Gasteiger partial charge on any atom is 0.225 e. The molecule has 0 N–H and O–H groups in total. The molecule has 1 aliphatic rings. The van der Waals surface area contributed by atoms with Crippen LogP contribution in [0.15, 0.2) is 58.9 Å². The number of carbonyl (C=O) groups excluding carboxylic acids is 1. The number of carbonyl (C=O) groups is 1. The molecule has 138 valence electrons. The van der Waals surface area contributed by atoms with Crippen molar-refractivity contribution < 1.29 is 4.79 Å². The standard InChI is InChI=1S/C21H21N3OS2/c1-14-8-6-7-11-18(14)19(16-9-4-3-5-10-16)26-21-23-22-20(27-21)24(15(2)25)17-12-13-17/h3-11,17,19H,12-13H2,1-2H3. The van der Waals surface area contributed by atoms with E-state index in [4.69, 9.17) is 0 Å². The molecule has 1 fully saturated rings. The third kappa shape index (κ3) is 4.06. The number of aryl methyl sites for hydroxylation is 1. The third-order valence-corrected chi connectivity index (χ3v) is 6.95. The van der Waals surface area contributed by atoms with E-state index in [9.17, 15) is 4.79 Å². The SMILES string of the molecule is CC(=O)N(c1nnc(SC(c2ccccc2)c2ccccc2C)s1)C1CC1. The van der Waals surface area contributed by atoms with Gasteiger partial charge in [0.05, 0.1) is 5.25 Å². The summed E-state index contributed by atoms with van der Waals surface area (Å²) in [4.78, 5) is 13.8. The lowest BCUT2D eigenvalue weighted by molar-refractivity contribution is -0.116. The van der Waals surface area contributed by atoms with Crippen LogP contribution in [-0.2, 0) is 4.79 Å². The fourth-order valence-corrected chi connectivity index (χ4v) is 5.52. The van der Waals surface area contributed by atoms with Gasteiger partial charge in [-0.1, -0.05) is 77.7 Å². The van der Waals surface area contributed by atoms with Gasteiger partial charge in [0.2, 0.25) is 11.0 Å². The van der Waals surface area contributed by atoms with E-state index in [-0.39, 0.29) is 11.2 Å². The van der Waals surface area contributed by atoms with E-state index in [2.05, 4.69) is 65.7 Å². The molecule has 3 aromatic rings. The smallest absolute Gasteiger partial charge is 0.225 e. The van der Waals surface area contributed by atoms with Crippen molar-refractivity contribution in [3.8, 4) is 0 Å². The lowest BCUT2D eigenvalue weighted by Crippen LogP contribution is -2.30. The van der Waals surface area contributed by atoms with Gasteiger partial charge >= 0.3 is 0 Å². The number of nitrogens with zero attached hydrogens (tertiary/aromatic N) is 3. The number of thioether (sulfide) groups is 1.